The highest BCUT2D eigenvalue weighted by atomic mass is 16.5. The summed E-state index contributed by atoms with van der Waals surface area (Å²) >= 11 is 0. The largest absolute Gasteiger partial charge is 0.459 e. The quantitative estimate of drug-likeness (QED) is 0.197. The smallest absolute Gasteiger partial charge is 0.160 e. The average Bonchev–Trinajstić information content (AvgIpc) is 3.76. The number of benzene rings is 5. The summed E-state index contributed by atoms with van der Waals surface area (Å²) in [7, 11) is 0. The van der Waals surface area contributed by atoms with Gasteiger partial charge < -0.3 is 13.6 Å². The van der Waals surface area contributed by atoms with E-state index in [2.05, 4.69) is 123 Å². The maximum atomic E-state index is 6.76. The number of nitrogens with zero attached hydrogens (tertiary/aromatic N) is 1. The van der Waals surface area contributed by atoms with Crippen LogP contribution in [0.25, 0.3) is 71.2 Å². The summed E-state index contributed by atoms with van der Waals surface area (Å²) in [6.45, 7) is 9.12. The Bertz CT molecular complexity index is 2600. The summed E-state index contributed by atoms with van der Waals surface area (Å²) in [6.07, 6.45) is 7.46. The Morgan fingerprint density at radius 2 is 1.52 bits per heavy atom. The molecule has 0 saturated carbocycles. The van der Waals surface area contributed by atoms with E-state index in [0.29, 0.717) is 0 Å². The first-order valence-corrected chi connectivity index (χ1v) is 15.6. The molecule has 5 aromatic carbocycles. The molecule has 212 valence electrons. The Hall–Kier alpha value is -5.02. The Morgan fingerprint density at radius 3 is 2.36 bits per heavy atom. The predicted molar refractivity (Wildman–Crippen MR) is 182 cm³/mol. The molecule has 3 heteroatoms. The molecule has 10 rings (SSSR count). The maximum absolute atomic E-state index is 6.76. The number of aryl methyl sites for hydroxylation is 1. The van der Waals surface area contributed by atoms with Crippen molar-refractivity contribution in [2.45, 2.75) is 45.4 Å². The van der Waals surface area contributed by atoms with Gasteiger partial charge in [-0.2, -0.15) is 0 Å². The van der Waals surface area contributed by atoms with Crippen LogP contribution in [0.5, 0.6) is 5.75 Å². The second-order valence-corrected chi connectivity index (χ2v) is 13.8. The summed E-state index contributed by atoms with van der Waals surface area (Å²) in [5, 5.41) is 7.21. The number of para-hydroxylation sites is 1. The molecule has 44 heavy (non-hydrogen) atoms. The SMILES string of the molecule is Cc1ccc(-c2cc3c4ccc5c(c4n4c3c(c2)c2ccc3c6ccccc6oc3c24)OC2=CC=CCC25)c(C(C)(C)C)c1. The summed E-state index contributed by atoms with van der Waals surface area (Å²) in [5.41, 5.74) is 11.8. The highest BCUT2D eigenvalue weighted by molar-refractivity contribution is 6.29. The highest BCUT2D eigenvalue weighted by Gasteiger charge is 2.34. The van der Waals surface area contributed by atoms with Gasteiger partial charge in [0.2, 0.25) is 0 Å². The molecule has 0 bridgehead atoms. The minimum Gasteiger partial charge on any atom is -0.459 e. The highest BCUT2D eigenvalue weighted by Crippen LogP contribution is 2.53. The third-order valence-electron chi connectivity index (χ3n) is 10.0. The molecular weight excluding hydrogens is 538 g/mol. The first-order valence-electron chi connectivity index (χ1n) is 15.6. The lowest BCUT2D eigenvalue weighted by atomic mass is 9.80. The molecule has 3 aromatic heterocycles. The van der Waals surface area contributed by atoms with Crippen LogP contribution < -0.4 is 4.74 Å². The molecule has 4 heterocycles. The van der Waals surface area contributed by atoms with Crippen molar-refractivity contribution in [2.75, 3.05) is 0 Å². The van der Waals surface area contributed by atoms with Crippen molar-refractivity contribution in [2.24, 2.45) is 0 Å². The maximum Gasteiger partial charge on any atom is 0.160 e. The Labute approximate surface area is 255 Å². The molecule has 1 unspecified atom stereocenters. The van der Waals surface area contributed by atoms with E-state index in [9.17, 15) is 0 Å². The van der Waals surface area contributed by atoms with Crippen molar-refractivity contribution in [3.63, 3.8) is 0 Å². The summed E-state index contributed by atoms with van der Waals surface area (Å²) in [5.74, 6) is 2.30. The molecule has 0 spiro atoms. The fraction of sp³-hybridized carbons (Fsp3) is 0.171. The van der Waals surface area contributed by atoms with Gasteiger partial charge in [-0.25, -0.2) is 0 Å². The lowest BCUT2D eigenvalue weighted by molar-refractivity contribution is 0.428. The fourth-order valence-corrected chi connectivity index (χ4v) is 8.04. The van der Waals surface area contributed by atoms with Crippen LogP contribution >= 0.6 is 0 Å². The van der Waals surface area contributed by atoms with Crippen molar-refractivity contribution in [3.05, 3.63) is 120 Å². The number of aromatic nitrogens is 1. The molecule has 0 N–H and O–H groups in total. The second kappa shape index (κ2) is 8.12. The number of fused-ring (bicyclic) bond motifs is 14. The van der Waals surface area contributed by atoms with Gasteiger partial charge in [0.25, 0.3) is 0 Å². The van der Waals surface area contributed by atoms with E-state index < -0.39 is 0 Å². The van der Waals surface area contributed by atoms with Crippen LogP contribution in [-0.2, 0) is 5.41 Å². The topological polar surface area (TPSA) is 26.8 Å². The molecule has 1 atom stereocenters. The fourth-order valence-electron chi connectivity index (χ4n) is 8.04. The van der Waals surface area contributed by atoms with Crippen molar-refractivity contribution in [1.29, 1.82) is 0 Å². The molecule has 0 saturated heterocycles. The lowest BCUT2D eigenvalue weighted by Gasteiger charge is -2.24. The summed E-state index contributed by atoms with van der Waals surface area (Å²) in [6, 6.07) is 29.3. The number of hydrogen-bond donors (Lipinski definition) is 0. The van der Waals surface area contributed by atoms with Gasteiger partial charge in [0.05, 0.1) is 16.6 Å². The summed E-state index contributed by atoms with van der Waals surface area (Å²) < 4.78 is 15.9. The van der Waals surface area contributed by atoms with Crippen LogP contribution in [0.2, 0.25) is 0 Å². The molecule has 3 nitrogen and oxygen atoms in total. The van der Waals surface area contributed by atoms with Crippen molar-refractivity contribution in [3.8, 4) is 16.9 Å². The molecule has 1 aliphatic heterocycles. The van der Waals surface area contributed by atoms with Gasteiger partial charge in [-0.05, 0) is 65.8 Å². The molecule has 0 fully saturated rings. The van der Waals surface area contributed by atoms with Gasteiger partial charge >= 0.3 is 0 Å². The van der Waals surface area contributed by atoms with Crippen molar-refractivity contribution in [1.82, 2.24) is 4.40 Å². The van der Waals surface area contributed by atoms with Gasteiger partial charge in [-0.15, -0.1) is 0 Å². The normalized spacial score (nSPS) is 16.5. The zero-order chi connectivity index (χ0) is 29.5. The van der Waals surface area contributed by atoms with Crippen LogP contribution in [0.3, 0.4) is 0 Å². The van der Waals surface area contributed by atoms with E-state index >= 15 is 0 Å². The third kappa shape index (κ3) is 3.02. The van der Waals surface area contributed by atoms with Gasteiger partial charge in [-0.1, -0.05) is 93.1 Å². The Balaban J connectivity index is 1.42. The van der Waals surface area contributed by atoms with Crippen LogP contribution in [-0.4, -0.2) is 4.40 Å². The Kier molecular flexibility index (Phi) is 4.51. The van der Waals surface area contributed by atoms with Crippen LogP contribution in [0.1, 0.15) is 49.8 Å². The van der Waals surface area contributed by atoms with Crippen LogP contribution in [0.15, 0.2) is 107 Å². The van der Waals surface area contributed by atoms with E-state index in [1.54, 1.807) is 0 Å². The number of hydrogen-bond acceptors (Lipinski definition) is 2. The van der Waals surface area contributed by atoms with E-state index in [4.69, 9.17) is 9.15 Å². The zero-order valence-corrected chi connectivity index (χ0v) is 25.3. The number of furan rings is 1. The first-order chi connectivity index (χ1) is 21.4. The van der Waals surface area contributed by atoms with Gasteiger partial charge in [0.1, 0.15) is 11.3 Å². The first kappa shape index (κ1) is 24.4. The van der Waals surface area contributed by atoms with E-state index in [0.717, 1.165) is 50.9 Å². The van der Waals surface area contributed by atoms with Crippen molar-refractivity contribution < 1.29 is 9.15 Å². The number of rotatable bonds is 1. The monoisotopic (exact) mass is 569 g/mol. The molecule has 8 aromatic rings. The average molecular weight is 570 g/mol. The molecule has 2 aliphatic rings. The zero-order valence-electron chi connectivity index (χ0n) is 25.3. The van der Waals surface area contributed by atoms with E-state index in [1.807, 2.05) is 6.07 Å². The molecule has 1 aliphatic carbocycles. The molecule has 0 amide bonds. The lowest BCUT2D eigenvalue weighted by Crippen LogP contribution is -2.13. The van der Waals surface area contributed by atoms with E-state index in [-0.39, 0.29) is 11.3 Å². The minimum absolute atomic E-state index is 0.00964. The van der Waals surface area contributed by atoms with Crippen molar-refractivity contribution >= 4 is 60.0 Å². The second-order valence-electron chi connectivity index (χ2n) is 13.8. The summed E-state index contributed by atoms with van der Waals surface area (Å²) in [4.78, 5) is 0. The van der Waals surface area contributed by atoms with Gasteiger partial charge in [0.15, 0.2) is 11.3 Å². The third-order valence-corrected chi connectivity index (χ3v) is 10.0. The minimum atomic E-state index is 0.00964. The van der Waals surface area contributed by atoms with E-state index in [1.165, 1.54) is 54.9 Å². The van der Waals surface area contributed by atoms with Crippen LogP contribution in [0, 0.1) is 6.92 Å². The number of ether oxygens (including phenoxy) is 1. The van der Waals surface area contributed by atoms with Gasteiger partial charge in [0, 0.05) is 43.8 Å². The van der Waals surface area contributed by atoms with Gasteiger partial charge in [-0.3, -0.25) is 0 Å². The van der Waals surface area contributed by atoms with Crippen LogP contribution in [0.4, 0.5) is 0 Å². The molecule has 0 radical (unpaired) electrons. The number of allylic oxidation sites excluding steroid dienone is 4. The Morgan fingerprint density at radius 1 is 0.750 bits per heavy atom. The molecular formula is C41H31NO2. The predicted octanol–water partition coefficient (Wildman–Crippen LogP) is 11.3. The standard InChI is InChI=1S/C41H31NO2/c1-22-13-14-24(33(19-22)41(2,3)4)23-20-31-27-15-17-29-25-9-5-7-11-34(25)43-39(29)37(27)42-36(31)32(21-23)28-16-18-30-26-10-6-8-12-35(26)44-40(30)38(28)42/h5-9,11-21,26H,10H2,1-4H3.